The van der Waals surface area contributed by atoms with Gasteiger partial charge in [0.1, 0.15) is 0 Å². The third-order valence-corrected chi connectivity index (χ3v) is 2.30. The van der Waals surface area contributed by atoms with E-state index in [0.717, 1.165) is 5.56 Å². The molecule has 0 aliphatic rings. The number of rotatable bonds is 2. The Bertz CT molecular complexity index is 501. The van der Waals surface area contributed by atoms with Crippen molar-refractivity contribution in [3.05, 3.63) is 59.7 Å². The van der Waals surface area contributed by atoms with E-state index < -0.39 is 0 Å². The van der Waals surface area contributed by atoms with Gasteiger partial charge in [-0.2, -0.15) is 0 Å². The molecule has 0 spiro atoms. The first-order valence-corrected chi connectivity index (χ1v) is 5.01. The minimum atomic E-state index is -0.102. The van der Waals surface area contributed by atoms with Crippen molar-refractivity contribution < 1.29 is 10.2 Å². The second kappa shape index (κ2) is 4.53. The summed E-state index contributed by atoms with van der Waals surface area (Å²) in [6.07, 6.45) is 3.65. The first kappa shape index (κ1) is 10.3. The molecule has 16 heavy (non-hydrogen) atoms. The predicted molar refractivity (Wildman–Crippen MR) is 65.1 cm³/mol. The molecule has 2 N–H and O–H groups in total. The number of phenols is 2. The molecule has 0 bridgehead atoms. The van der Waals surface area contributed by atoms with E-state index in [4.69, 9.17) is 0 Å². The van der Waals surface area contributed by atoms with E-state index >= 15 is 0 Å². The highest BCUT2D eigenvalue weighted by atomic mass is 16.3. The lowest BCUT2D eigenvalue weighted by molar-refractivity contribution is 0.403. The van der Waals surface area contributed by atoms with Gasteiger partial charge in [-0.25, -0.2) is 0 Å². The summed E-state index contributed by atoms with van der Waals surface area (Å²) in [6.45, 7) is 0. The minimum Gasteiger partial charge on any atom is -0.504 e. The van der Waals surface area contributed by atoms with Crippen LogP contribution in [0, 0.1) is 0 Å². The zero-order valence-corrected chi connectivity index (χ0v) is 8.67. The second-order valence-electron chi connectivity index (χ2n) is 3.46. The van der Waals surface area contributed by atoms with Gasteiger partial charge in [0, 0.05) is 5.56 Å². The first-order chi connectivity index (χ1) is 7.77. The van der Waals surface area contributed by atoms with Gasteiger partial charge in [0.25, 0.3) is 0 Å². The number of phenolic OH excluding ortho intramolecular Hbond substituents is 2. The van der Waals surface area contributed by atoms with Crippen LogP contribution in [-0.2, 0) is 0 Å². The molecule has 80 valence electrons. The van der Waals surface area contributed by atoms with Crippen LogP contribution < -0.4 is 0 Å². The third kappa shape index (κ3) is 2.23. The highest BCUT2D eigenvalue weighted by Gasteiger charge is 2.01. The van der Waals surface area contributed by atoms with E-state index in [0.29, 0.717) is 5.56 Å². The molecule has 2 nitrogen and oxygen atoms in total. The van der Waals surface area contributed by atoms with Gasteiger partial charge in [0.15, 0.2) is 11.5 Å². The molecule has 0 aromatic heterocycles. The van der Waals surface area contributed by atoms with Crippen molar-refractivity contribution in [3.8, 4) is 11.5 Å². The summed E-state index contributed by atoms with van der Waals surface area (Å²) in [5, 5.41) is 18.9. The van der Waals surface area contributed by atoms with Crippen LogP contribution in [-0.4, -0.2) is 10.2 Å². The Kier molecular flexibility index (Phi) is 2.92. The van der Waals surface area contributed by atoms with E-state index in [1.807, 2.05) is 36.4 Å². The van der Waals surface area contributed by atoms with Gasteiger partial charge in [-0.3, -0.25) is 0 Å². The van der Waals surface area contributed by atoms with Crippen LogP contribution in [0.25, 0.3) is 12.2 Å². The molecule has 0 aliphatic carbocycles. The number of benzene rings is 2. The maximum atomic E-state index is 9.57. The topological polar surface area (TPSA) is 40.5 Å². The molecule has 2 heteroatoms. The highest BCUT2D eigenvalue weighted by molar-refractivity contribution is 5.73. The summed E-state index contributed by atoms with van der Waals surface area (Å²) in [6, 6.07) is 14.7. The smallest absolute Gasteiger partial charge is 0.164 e. The lowest BCUT2D eigenvalue weighted by atomic mass is 10.1. The van der Waals surface area contributed by atoms with Crippen molar-refractivity contribution in [2.75, 3.05) is 0 Å². The molecule has 2 aromatic carbocycles. The first-order valence-electron chi connectivity index (χ1n) is 5.01. The fourth-order valence-electron chi connectivity index (χ4n) is 1.43. The average Bonchev–Trinajstić information content (AvgIpc) is 2.32. The standard InChI is InChI=1S/C14H12O2/c15-13-8-4-7-12(14(13)16)10-9-11-5-2-1-3-6-11/h1-10,15-16H/b10-9-. The van der Waals surface area contributed by atoms with Gasteiger partial charge in [-0.1, -0.05) is 54.6 Å². The number of para-hydroxylation sites is 1. The molecule has 0 unspecified atom stereocenters. The summed E-state index contributed by atoms with van der Waals surface area (Å²) in [5.74, 6) is -0.190. The van der Waals surface area contributed by atoms with Crippen LogP contribution in [0.3, 0.4) is 0 Å². The Morgan fingerprint density at radius 2 is 1.50 bits per heavy atom. The lowest BCUT2D eigenvalue weighted by Gasteiger charge is -2.00. The van der Waals surface area contributed by atoms with E-state index in [1.165, 1.54) is 6.07 Å². The molecular formula is C14H12O2. The normalized spacial score (nSPS) is 10.8. The largest absolute Gasteiger partial charge is 0.504 e. The molecule has 2 aromatic rings. The number of hydrogen-bond donors (Lipinski definition) is 2. The molecule has 0 saturated heterocycles. The summed E-state index contributed by atoms with van der Waals surface area (Å²) in [7, 11) is 0. The molecule has 0 radical (unpaired) electrons. The molecule has 0 fully saturated rings. The minimum absolute atomic E-state index is 0.0883. The molecular weight excluding hydrogens is 200 g/mol. The van der Waals surface area contributed by atoms with Gasteiger partial charge < -0.3 is 10.2 Å². The lowest BCUT2D eigenvalue weighted by Crippen LogP contribution is -1.75. The van der Waals surface area contributed by atoms with E-state index in [9.17, 15) is 10.2 Å². The van der Waals surface area contributed by atoms with Gasteiger partial charge in [-0.15, -0.1) is 0 Å². The van der Waals surface area contributed by atoms with E-state index in [2.05, 4.69) is 0 Å². The van der Waals surface area contributed by atoms with Gasteiger partial charge in [-0.05, 0) is 11.6 Å². The van der Waals surface area contributed by atoms with Crippen LogP contribution in [0.2, 0.25) is 0 Å². The van der Waals surface area contributed by atoms with Crippen LogP contribution in [0.1, 0.15) is 11.1 Å². The maximum Gasteiger partial charge on any atom is 0.164 e. The Morgan fingerprint density at radius 3 is 2.25 bits per heavy atom. The molecule has 0 heterocycles. The van der Waals surface area contributed by atoms with Crippen molar-refractivity contribution in [1.82, 2.24) is 0 Å². The van der Waals surface area contributed by atoms with Crippen LogP contribution >= 0.6 is 0 Å². The third-order valence-electron chi connectivity index (χ3n) is 2.30. The fraction of sp³-hybridized carbons (Fsp3) is 0. The number of hydrogen-bond acceptors (Lipinski definition) is 2. The van der Waals surface area contributed by atoms with Crippen molar-refractivity contribution >= 4 is 12.2 Å². The summed E-state index contributed by atoms with van der Waals surface area (Å²) >= 11 is 0. The second-order valence-corrected chi connectivity index (χ2v) is 3.46. The van der Waals surface area contributed by atoms with Crippen LogP contribution in [0.4, 0.5) is 0 Å². The van der Waals surface area contributed by atoms with Gasteiger partial charge >= 0.3 is 0 Å². The molecule has 0 atom stereocenters. The van der Waals surface area contributed by atoms with Gasteiger partial charge in [0.2, 0.25) is 0 Å². The van der Waals surface area contributed by atoms with Gasteiger partial charge in [0.05, 0.1) is 0 Å². The molecule has 2 rings (SSSR count). The zero-order chi connectivity index (χ0) is 11.4. The van der Waals surface area contributed by atoms with Crippen molar-refractivity contribution in [2.45, 2.75) is 0 Å². The molecule has 0 amide bonds. The van der Waals surface area contributed by atoms with E-state index in [1.54, 1.807) is 18.2 Å². The fourth-order valence-corrected chi connectivity index (χ4v) is 1.43. The number of aromatic hydroxyl groups is 2. The van der Waals surface area contributed by atoms with E-state index in [-0.39, 0.29) is 11.5 Å². The highest BCUT2D eigenvalue weighted by Crippen LogP contribution is 2.29. The Balaban J connectivity index is 2.28. The Morgan fingerprint density at radius 1 is 0.750 bits per heavy atom. The average molecular weight is 212 g/mol. The summed E-state index contributed by atoms with van der Waals surface area (Å²) < 4.78 is 0. The Labute approximate surface area is 94.1 Å². The summed E-state index contributed by atoms with van der Waals surface area (Å²) in [4.78, 5) is 0. The quantitative estimate of drug-likeness (QED) is 0.592. The van der Waals surface area contributed by atoms with Crippen molar-refractivity contribution in [2.24, 2.45) is 0 Å². The van der Waals surface area contributed by atoms with Crippen LogP contribution in [0.15, 0.2) is 48.5 Å². The maximum absolute atomic E-state index is 9.57. The Hall–Kier alpha value is -2.22. The summed E-state index contributed by atoms with van der Waals surface area (Å²) in [5.41, 5.74) is 1.65. The zero-order valence-electron chi connectivity index (χ0n) is 8.67. The van der Waals surface area contributed by atoms with Crippen LogP contribution in [0.5, 0.6) is 11.5 Å². The van der Waals surface area contributed by atoms with Crippen molar-refractivity contribution in [3.63, 3.8) is 0 Å². The monoisotopic (exact) mass is 212 g/mol. The SMILES string of the molecule is Oc1cccc(/C=C\c2ccccc2)c1O. The van der Waals surface area contributed by atoms with Crippen molar-refractivity contribution in [1.29, 1.82) is 0 Å². The molecule has 0 saturated carbocycles. The molecule has 0 aliphatic heterocycles. The predicted octanol–water partition coefficient (Wildman–Crippen LogP) is 3.27.